The van der Waals surface area contributed by atoms with Crippen molar-refractivity contribution < 1.29 is 0 Å². The van der Waals surface area contributed by atoms with Gasteiger partial charge in [-0.25, -0.2) is 0 Å². The zero-order valence-corrected chi connectivity index (χ0v) is 9.15. The minimum atomic E-state index is 0.369. The largest absolute Gasteiger partial charge is 0.373 e. The van der Waals surface area contributed by atoms with Crippen molar-refractivity contribution >= 4 is 17.4 Å². The fraction of sp³-hybridized carbons (Fsp3) is 0.222. The van der Waals surface area contributed by atoms with Crippen LogP contribution in [0, 0.1) is 6.92 Å². The Morgan fingerprint density at radius 1 is 1.33 bits per heavy atom. The summed E-state index contributed by atoms with van der Waals surface area (Å²) in [5, 5.41) is 15.4. The second kappa shape index (κ2) is 3.86. The van der Waals surface area contributed by atoms with Gasteiger partial charge in [0.1, 0.15) is 5.82 Å². The van der Waals surface area contributed by atoms with Crippen LogP contribution in [0.1, 0.15) is 5.69 Å². The summed E-state index contributed by atoms with van der Waals surface area (Å²) in [6.07, 6.45) is 0. The minimum absolute atomic E-state index is 0.369. The van der Waals surface area contributed by atoms with Crippen LogP contribution in [0.4, 0.5) is 5.82 Å². The maximum Gasteiger partial charge on any atom is 0.178 e. The van der Waals surface area contributed by atoms with E-state index in [2.05, 4.69) is 20.6 Å². The molecule has 0 aliphatic heterocycles. The molecule has 0 amide bonds. The molecule has 0 fully saturated rings. The molecule has 2 rings (SSSR count). The standard InChI is InChI=1S/C9H10ClN5/c1-6-5-9(11-2)15(14-6)8-4-3-7(10)12-13-8/h3-5,11H,1-2H3. The quantitative estimate of drug-likeness (QED) is 0.842. The lowest BCUT2D eigenvalue weighted by Crippen LogP contribution is -2.05. The lowest BCUT2D eigenvalue weighted by Gasteiger charge is -2.03. The highest BCUT2D eigenvalue weighted by Crippen LogP contribution is 2.14. The number of aryl methyl sites for hydroxylation is 1. The molecule has 78 valence electrons. The summed E-state index contributed by atoms with van der Waals surface area (Å²) in [5.74, 6) is 1.50. The molecule has 0 unspecified atom stereocenters. The van der Waals surface area contributed by atoms with Crippen LogP contribution in [-0.4, -0.2) is 27.0 Å². The number of nitrogens with zero attached hydrogens (tertiary/aromatic N) is 4. The van der Waals surface area contributed by atoms with Gasteiger partial charge in [0.25, 0.3) is 0 Å². The molecule has 2 aromatic rings. The fourth-order valence-corrected chi connectivity index (χ4v) is 1.37. The predicted molar refractivity (Wildman–Crippen MR) is 58.4 cm³/mol. The van der Waals surface area contributed by atoms with Crippen LogP contribution in [0.25, 0.3) is 5.82 Å². The number of rotatable bonds is 2. The lowest BCUT2D eigenvalue weighted by atomic mass is 10.5. The first kappa shape index (κ1) is 9.92. The van der Waals surface area contributed by atoms with Gasteiger partial charge in [-0.1, -0.05) is 11.6 Å². The molecule has 0 aromatic carbocycles. The molecular weight excluding hydrogens is 214 g/mol. The fourth-order valence-electron chi connectivity index (χ4n) is 1.27. The molecule has 0 radical (unpaired) electrons. The highest BCUT2D eigenvalue weighted by Gasteiger charge is 2.07. The molecule has 1 N–H and O–H groups in total. The predicted octanol–water partition coefficient (Wildman–Crippen LogP) is 1.67. The molecule has 6 heteroatoms. The van der Waals surface area contributed by atoms with Crippen molar-refractivity contribution in [1.29, 1.82) is 0 Å². The highest BCUT2D eigenvalue weighted by atomic mass is 35.5. The van der Waals surface area contributed by atoms with E-state index in [1.54, 1.807) is 16.8 Å². The van der Waals surface area contributed by atoms with Crippen molar-refractivity contribution in [2.45, 2.75) is 6.92 Å². The van der Waals surface area contributed by atoms with Crippen molar-refractivity contribution in [2.75, 3.05) is 12.4 Å². The lowest BCUT2D eigenvalue weighted by molar-refractivity contribution is 0.808. The summed E-state index contributed by atoms with van der Waals surface area (Å²) in [6, 6.07) is 5.37. The van der Waals surface area contributed by atoms with Gasteiger partial charge < -0.3 is 5.32 Å². The Hall–Kier alpha value is -1.62. The molecule has 0 saturated heterocycles. The number of aromatic nitrogens is 4. The summed E-state index contributed by atoms with van der Waals surface area (Å²) < 4.78 is 1.68. The van der Waals surface area contributed by atoms with Crippen LogP contribution < -0.4 is 5.32 Å². The van der Waals surface area contributed by atoms with Crippen LogP contribution in [0.3, 0.4) is 0 Å². The van der Waals surface area contributed by atoms with Crippen molar-refractivity contribution in [3.8, 4) is 5.82 Å². The summed E-state index contributed by atoms with van der Waals surface area (Å²) in [7, 11) is 1.83. The molecule has 0 aliphatic rings. The van der Waals surface area contributed by atoms with E-state index in [9.17, 15) is 0 Å². The van der Waals surface area contributed by atoms with Crippen molar-refractivity contribution in [3.63, 3.8) is 0 Å². The molecule has 0 saturated carbocycles. The molecule has 0 bridgehead atoms. The SMILES string of the molecule is CNc1cc(C)nn1-c1ccc(Cl)nn1. The van der Waals surface area contributed by atoms with Crippen molar-refractivity contribution in [2.24, 2.45) is 0 Å². The monoisotopic (exact) mass is 223 g/mol. The molecule has 5 nitrogen and oxygen atoms in total. The topological polar surface area (TPSA) is 55.6 Å². The first-order valence-corrected chi connectivity index (χ1v) is 4.82. The Morgan fingerprint density at radius 2 is 2.13 bits per heavy atom. The summed E-state index contributed by atoms with van der Waals surface area (Å²) in [6.45, 7) is 1.92. The molecular formula is C9H10ClN5. The van der Waals surface area contributed by atoms with E-state index in [0.29, 0.717) is 11.0 Å². The number of halogens is 1. The normalized spacial score (nSPS) is 10.3. The first-order valence-electron chi connectivity index (χ1n) is 4.45. The Balaban J connectivity index is 2.48. The average Bonchev–Trinajstić information content (AvgIpc) is 2.61. The van der Waals surface area contributed by atoms with E-state index < -0.39 is 0 Å². The third kappa shape index (κ3) is 1.92. The maximum absolute atomic E-state index is 5.66. The third-order valence-electron chi connectivity index (χ3n) is 1.92. The second-order valence-electron chi connectivity index (χ2n) is 3.05. The number of anilines is 1. The van der Waals surface area contributed by atoms with Gasteiger partial charge in [0, 0.05) is 13.1 Å². The minimum Gasteiger partial charge on any atom is -0.373 e. The smallest absolute Gasteiger partial charge is 0.178 e. The Kier molecular flexibility index (Phi) is 2.55. The number of nitrogens with one attached hydrogen (secondary N) is 1. The van der Waals surface area contributed by atoms with Crippen molar-refractivity contribution in [3.05, 3.63) is 29.0 Å². The van der Waals surface area contributed by atoms with Gasteiger partial charge in [-0.15, -0.1) is 10.2 Å². The van der Waals surface area contributed by atoms with Crippen LogP contribution in [0.15, 0.2) is 18.2 Å². The highest BCUT2D eigenvalue weighted by molar-refractivity contribution is 6.29. The Labute approximate surface area is 92.1 Å². The van der Waals surface area contributed by atoms with Crippen molar-refractivity contribution in [1.82, 2.24) is 20.0 Å². The van der Waals surface area contributed by atoms with Gasteiger partial charge >= 0.3 is 0 Å². The van der Waals surface area contributed by atoms with Crippen LogP contribution in [-0.2, 0) is 0 Å². The van der Waals surface area contributed by atoms with E-state index in [1.165, 1.54) is 0 Å². The summed E-state index contributed by atoms with van der Waals surface area (Å²) in [5.41, 5.74) is 0.913. The average molecular weight is 224 g/mol. The zero-order valence-electron chi connectivity index (χ0n) is 8.40. The van der Waals surface area contributed by atoms with E-state index >= 15 is 0 Å². The van der Waals surface area contributed by atoms with Crippen LogP contribution >= 0.6 is 11.6 Å². The van der Waals surface area contributed by atoms with Gasteiger partial charge in [-0.3, -0.25) is 0 Å². The number of hydrogen-bond donors (Lipinski definition) is 1. The molecule has 0 spiro atoms. The van der Waals surface area contributed by atoms with Crippen LogP contribution in [0.2, 0.25) is 5.15 Å². The summed E-state index contributed by atoms with van der Waals surface area (Å²) in [4.78, 5) is 0. The molecule has 2 heterocycles. The van der Waals surface area contributed by atoms with E-state index in [-0.39, 0.29) is 0 Å². The zero-order chi connectivity index (χ0) is 10.8. The molecule has 0 atom stereocenters. The van der Waals surface area contributed by atoms with Gasteiger partial charge in [0.2, 0.25) is 0 Å². The number of hydrogen-bond acceptors (Lipinski definition) is 4. The van der Waals surface area contributed by atoms with E-state index in [0.717, 1.165) is 11.5 Å². The molecule has 15 heavy (non-hydrogen) atoms. The molecule has 0 aliphatic carbocycles. The van der Waals surface area contributed by atoms with Gasteiger partial charge in [-0.05, 0) is 19.1 Å². The van der Waals surface area contributed by atoms with Crippen LogP contribution in [0.5, 0.6) is 0 Å². The van der Waals surface area contributed by atoms with Gasteiger partial charge in [-0.2, -0.15) is 9.78 Å². The maximum atomic E-state index is 5.66. The Bertz CT molecular complexity index is 462. The van der Waals surface area contributed by atoms with E-state index in [4.69, 9.17) is 11.6 Å². The van der Waals surface area contributed by atoms with E-state index in [1.807, 2.05) is 20.0 Å². The first-order chi connectivity index (χ1) is 7.20. The van der Waals surface area contributed by atoms with Gasteiger partial charge in [0.05, 0.1) is 5.69 Å². The molecule has 2 aromatic heterocycles. The Morgan fingerprint density at radius 3 is 2.73 bits per heavy atom. The summed E-state index contributed by atoms with van der Waals surface area (Å²) >= 11 is 5.66. The van der Waals surface area contributed by atoms with Gasteiger partial charge in [0.15, 0.2) is 11.0 Å². The second-order valence-corrected chi connectivity index (χ2v) is 3.43. The third-order valence-corrected chi connectivity index (χ3v) is 2.12.